The zero-order valence-electron chi connectivity index (χ0n) is 15.2. The number of guanidine groups is 1. The molecule has 1 aliphatic heterocycles. The number of rotatable bonds is 7. The van der Waals surface area contributed by atoms with Crippen LogP contribution in [0.25, 0.3) is 0 Å². The van der Waals surface area contributed by atoms with Crippen molar-refractivity contribution in [3.8, 4) is 17.2 Å². The topological polar surface area (TPSA) is 64.1 Å². The Hall–Kier alpha value is -2.89. The van der Waals surface area contributed by atoms with E-state index in [1.807, 2.05) is 30.3 Å². The molecule has 0 fully saturated rings. The highest BCUT2D eigenvalue weighted by atomic mass is 16.7. The van der Waals surface area contributed by atoms with E-state index in [0.29, 0.717) is 6.54 Å². The second-order valence-electron chi connectivity index (χ2n) is 5.91. The van der Waals surface area contributed by atoms with Gasteiger partial charge in [-0.2, -0.15) is 0 Å². The van der Waals surface area contributed by atoms with E-state index in [9.17, 15) is 0 Å². The molecule has 0 saturated carbocycles. The molecule has 1 aliphatic rings. The maximum Gasteiger partial charge on any atom is 0.231 e. The Kier molecular flexibility index (Phi) is 6.19. The summed E-state index contributed by atoms with van der Waals surface area (Å²) in [6.45, 7) is 4.54. The molecule has 3 rings (SSSR count). The minimum Gasteiger partial charge on any atom is -0.497 e. The molecule has 2 aromatic rings. The standard InChI is InChI=1S/C20H25N3O3/c1-3-21-20(22-11-10-15-4-7-17(24-2)8-5-15)23-13-16-6-9-18-19(12-16)26-14-25-18/h4-9,12H,3,10-11,13-14H2,1-2H3,(H2,21,22,23). The Morgan fingerprint density at radius 3 is 2.58 bits per heavy atom. The summed E-state index contributed by atoms with van der Waals surface area (Å²) in [6.07, 6.45) is 0.915. The van der Waals surface area contributed by atoms with Crippen LogP contribution in [0.15, 0.2) is 47.5 Å². The van der Waals surface area contributed by atoms with E-state index in [1.54, 1.807) is 7.11 Å². The Bertz CT molecular complexity index is 744. The highest BCUT2D eigenvalue weighted by Gasteiger charge is 2.12. The van der Waals surface area contributed by atoms with Crippen molar-refractivity contribution in [3.63, 3.8) is 0 Å². The quantitative estimate of drug-likeness (QED) is 0.591. The van der Waals surface area contributed by atoms with Gasteiger partial charge in [0.05, 0.1) is 13.7 Å². The van der Waals surface area contributed by atoms with Gasteiger partial charge in [0, 0.05) is 13.1 Å². The summed E-state index contributed by atoms with van der Waals surface area (Å²) in [7, 11) is 1.68. The second-order valence-corrected chi connectivity index (χ2v) is 5.91. The maximum absolute atomic E-state index is 5.41. The van der Waals surface area contributed by atoms with Crippen LogP contribution in [-0.2, 0) is 13.0 Å². The molecule has 0 unspecified atom stereocenters. The zero-order valence-corrected chi connectivity index (χ0v) is 15.2. The van der Waals surface area contributed by atoms with Crippen LogP contribution in [0.4, 0.5) is 0 Å². The van der Waals surface area contributed by atoms with E-state index in [0.717, 1.165) is 48.3 Å². The summed E-state index contributed by atoms with van der Waals surface area (Å²) in [5.74, 6) is 3.26. The number of ether oxygens (including phenoxy) is 3. The number of nitrogens with one attached hydrogen (secondary N) is 2. The van der Waals surface area contributed by atoms with Crippen LogP contribution < -0.4 is 24.8 Å². The lowest BCUT2D eigenvalue weighted by molar-refractivity contribution is 0.174. The molecule has 138 valence electrons. The molecule has 1 heterocycles. The lowest BCUT2D eigenvalue weighted by Gasteiger charge is -2.11. The van der Waals surface area contributed by atoms with Gasteiger partial charge in [-0.1, -0.05) is 18.2 Å². The maximum atomic E-state index is 5.41. The van der Waals surface area contributed by atoms with E-state index in [2.05, 4.69) is 34.7 Å². The van der Waals surface area contributed by atoms with Crippen molar-refractivity contribution in [2.75, 3.05) is 27.0 Å². The summed E-state index contributed by atoms with van der Waals surface area (Å²) in [4.78, 5) is 4.65. The van der Waals surface area contributed by atoms with Crippen molar-refractivity contribution in [1.29, 1.82) is 0 Å². The molecular formula is C20H25N3O3. The molecule has 6 nitrogen and oxygen atoms in total. The predicted molar refractivity (Wildman–Crippen MR) is 102 cm³/mol. The van der Waals surface area contributed by atoms with Gasteiger partial charge in [0.1, 0.15) is 5.75 Å². The number of nitrogens with zero attached hydrogens (tertiary/aromatic N) is 1. The summed E-state index contributed by atoms with van der Waals surface area (Å²) in [5.41, 5.74) is 2.34. The molecule has 0 saturated heterocycles. The number of benzene rings is 2. The molecule has 2 aromatic carbocycles. The van der Waals surface area contributed by atoms with E-state index in [4.69, 9.17) is 14.2 Å². The fourth-order valence-corrected chi connectivity index (χ4v) is 2.67. The summed E-state index contributed by atoms with van der Waals surface area (Å²) < 4.78 is 15.9. The summed E-state index contributed by atoms with van der Waals surface area (Å²) in [6, 6.07) is 14.0. The summed E-state index contributed by atoms with van der Waals surface area (Å²) >= 11 is 0. The largest absolute Gasteiger partial charge is 0.497 e. The lowest BCUT2D eigenvalue weighted by Crippen LogP contribution is -2.38. The van der Waals surface area contributed by atoms with Gasteiger partial charge in [0.2, 0.25) is 6.79 Å². The molecule has 0 radical (unpaired) electrons. The molecule has 2 N–H and O–H groups in total. The molecule has 0 aliphatic carbocycles. The zero-order chi connectivity index (χ0) is 18.2. The third-order valence-corrected chi connectivity index (χ3v) is 4.07. The first kappa shape index (κ1) is 17.9. The number of hydrogen-bond donors (Lipinski definition) is 2. The Balaban J connectivity index is 1.53. The molecule has 0 aromatic heterocycles. The Morgan fingerprint density at radius 1 is 1.04 bits per heavy atom. The van der Waals surface area contributed by atoms with E-state index < -0.39 is 0 Å². The van der Waals surface area contributed by atoms with Crippen molar-refractivity contribution in [3.05, 3.63) is 53.6 Å². The van der Waals surface area contributed by atoms with Crippen LogP contribution in [-0.4, -0.2) is 33.0 Å². The fourth-order valence-electron chi connectivity index (χ4n) is 2.67. The third kappa shape index (κ3) is 4.81. The number of methoxy groups -OCH3 is 1. The molecule has 26 heavy (non-hydrogen) atoms. The number of hydrogen-bond acceptors (Lipinski definition) is 4. The molecule has 0 spiro atoms. The minimum atomic E-state index is 0.289. The smallest absolute Gasteiger partial charge is 0.231 e. The highest BCUT2D eigenvalue weighted by Crippen LogP contribution is 2.32. The minimum absolute atomic E-state index is 0.289. The van der Waals surface area contributed by atoms with E-state index in [-0.39, 0.29) is 6.79 Å². The molecule has 6 heteroatoms. The van der Waals surface area contributed by atoms with Crippen LogP contribution in [0.5, 0.6) is 17.2 Å². The molecular weight excluding hydrogens is 330 g/mol. The van der Waals surface area contributed by atoms with Gasteiger partial charge in [0.15, 0.2) is 17.5 Å². The molecule has 0 amide bonds. The van der Waals surface area contributed by atoms with Crippen LogP contribution in [0.1, 0.15) is 18.1 Å². The van der Waals surface area contributed by atoms with Gasteiger partial charge in [-0.25, -0.2) is 4.99 Å². The second kappa shape index (κ2) is 8.99. The lowest BCUT2D eigenvalue weighted by atomic mass is 10.1. The van der Waals surface area contributed by atoms with Crippen molar-refractivity contribution in [2.24, 2.45) is 4.99 Å². The van der Waals surface area contributed by atoms with Gasteiger partial charge in [0.25, 0.3) is 0 Å². The monoisotopic (exact) mass is 355 g/mol. The Morgan fingerprint density at radius 2 is 1.81 bits per heavy atom. The van der Waals surface area contributed by atoms with Gasteiger partial charge >= 0.3 is 0 Å². The van der Waals surface area contributed by atoms with Crippen LogP contribution >= 0.6 is 0 Å². The van der Waals surface area contributed by atoms with E-state index >= 15 is 0 Å². The highest BCUT2D eigenvalue weighted by molar-refractivity contribution is 5.79. The fraction of sp³-hybridized carbons (Fsp3) is 0.350. The average molecular weight is 355 g/mol. The van der Waals surface area contributed by atoms with Crippen LogP contribution in [0.2, 0.25) is 0 Å². The molecule has 0 atom stereocenters. The third-order valence-electron chi connectivity index (χ3n) is 4.07. The first-order valence-electron chi connectivity index (χ1n) is 8.82. The first-order chi connectivity index (χ1) is 12.8. The van der Waals surface area contributed by atoms with Crippen molar-refractivity contribution in [1.82, 2.24) is 10.6 Å². The number of fused-ring (bicyclic) bond motifs is 1. The Labute approximate surface area is 154 Å². The van der Waals surface area contributed by atoms with Gasteiger partial charge in [-0.05, 0) is 48.7 Å². The van der Waals surface area contributed by atoms with Crippen molar-refractivity contribution in [2.45, 2.75) is 19.9 Å². The summed E-state index contributed by atoms with van der Waals surface area (Å²) in [5, 5.41) is 6.64. The normalized spacial score (nSPS) is 12.8. The van der Waals surface area contributed by atoms with Crippen molar-refractivity contribution < 1.29 is 14.2 Å². The van der Waals surface area contributed by atoms with Gasteiger partial charge < -0.3 is 24.8 Å². The van der Waals surface area contributed by atoms with Crippen LogP contribution in [0, 0.1) is 0 Å². The molecule has 0 bridgehead atoms. The van der Waals surface area contributed by atoms with Crippen molar-refractivity contribution >= 4 is 5.96 Å². The number of aliphatic imine (C=N–C) groups is 1. The SMILES string of the molecule is CCNC(=NCc1ccc2c(c1)OCO2)NCCc1ccc(OC)cc1. The van der Waals surface area contributed by atoms with Crippen LogP contribution in [0.3, 0.4) is 0 Å². The predicted octanol–water partition coefficient (Wildman–Crippen LogP) is 2.72. The van der Waals surface area contributed by atoms with Gasteiger partial charge in [-0.3, -0.25) is 0 Å². The van der Waals surface area contributed by atoms with E-state index in [1.165, 1.54) is 5.56 Å². The first-order valence-corrected chi connectivity index (χ1v) is 8.82. The van der Waals surface area contributed by atoms with Gasteiger partial charge in [-0.15, -0.1) is 0 Å². The average Bonchev–Trinajstić information content (AvgIpc) is 3.14.